The van der Waals surface area contributed by atoms with E-state index in [2.05, 4.69) is 10.4 Å². The number of carbonyl (C=O) groups is 1. The van der Waals surface area contributed by atoms with Gasteiger partial charge in [-0.3, -0.25) is 9.48 Å². The standard InChI is InChI=1S/C15H17FN4O3S/c1-17-15(21)8-13-10-19(9-12-6-7-18-20(12)13)24(22,23)14-4-2-11(16)3-5-14/h2-7,13H,8-10H2,1H3,(H,17,21)/t13-/m1/s1. The van der Waals surface area contributed by atoms with Gasteiger partial charge in [0.2, 0.25) is 15.9 Å². The van der Waals surface area contributed by atoms with Gasteiger partial charge in [0.25, 0.3) is 0 Å². The van der Waals surface area contributed by atoms with Gasteiger partial charge in [0.1, 0.15) is 5.82 Å². The normalized spacial score (nSPS) is 18.2. The van der Waals surface area contributed by atoms with E-state index in [0.717, 1.165) is 12.1 Å². The third kappa shape index (κ3) is 3.04. The lowest BCUT2D eigenvalue weighted by Gasteiger charge is -2.32. The van der Waals surface area contributed by atoms with Gasteiger partial charge in [0, 0.05) is 19.8 Å². The Balaban J connectivity index is 1.92. The number of fused-ring (bicyclic) bond motifs is 1. The SMILES string of the molecule is CNC(=O)C[C@@H]1CN(S(=O)(=O)c2ccc(F)cc2)Cc2ccnn21. The number of amides is 1. The van der Waals surface area contributed by atoms with Gasteiger partial charge in [0.15, 0.2) is 0 Å². The van der Waals surface area contributed by atoms with Crippen LogP contribution in [0.1, 0.15) is 18.2 Å². The maximum Gasteiger partial charge on any atom is 0.243 e. The summed E-state index contributed by atoms with van der Waals surface area (Å²) in [5, 5.41) is 6.73. The highest BCUT2D eigenvalue weighted by atomic mass is 32.2. The highest BCUT2D eigenvalue weighted by Gasteiger charge is 2.34. The first-order valence-corrected chi connectivity index (χ1v) is 8.84. The second-order valence-corrected chi connectivity index (χ2v) is 7.49. The predicted molar refractivity (Wildman–Crippen MR) is 83.9 cm³/mol. The van der Waals surface area contributed by atoms with Crippen molar-refractivity contribution < 1.29 is 17.6 Å². The molecule has 1 atom stereocenters. The maximum absolute atomic E-state index is 13.1. The maximum atomic E-state index is 13.1. The molecule has 0 spiro atoms. The van der Waals surface area contributed by atoms with Crippen molar-refractivity contribution in [1.82, 2.24) is 19.4 Å². The zero-order valence-corrected chi connectivity index (χ0v) is 13.8. The zero-order valence-electron chi connectivity index (χ0n) is 13.0. The van der Waals surface area contributed by atoms with Gasteiger partial charge >= 0.3 is 0 Å². The van der Waals surface area contributed by atoms with Crippen LogP contribution in [0.5, 0.6) is 0 Å². The summed E-state index contributed by atoms with van der Waals surface area (Å²) in [5.41, 5.74) is 0.709. The molecule has 128 valence electrons. The fourth-order valence-corrected chi connectivity index (χ4v) is 4.21. The zero-order chi connectivity index (χ0) is 17.3. The Morgan fingerprint density at radius 3 is 2.71 bits per heavy atom. The van der Waals surface area contributed by atoms with Gasteiger partial charge in [-0.1, -0.05) is 0 Å². The molecule has 0 saturated heterocycles. The Kier molecular flexibility index (Phi) is 4.37. The average molecular weight is 352 g/mol. The third-order valence-corrected chi connectivity index (χ3v) is 5.83. The predicted octanol–water partition coefficient (Wildman–Crippen LogP) is 0.904. The summed E-state index contributed by atoms with van der Waals surface area (Å²) < 4.78 is 41.6. The highest BCUT2D eigenvalue weighted by Crippen LogP contribution is 2.28. The van der Waals surface area contributed by atoms with E-state index in [9.17, 15) is 17.6 Å². The first kappa shape index (κ1) is 16.6. The molecule has 1 aliphatic rings. The second kappa shape index (κ2) is 6.33. The Bertz CT molecular complexity index is 848. The van der Waals surface area contributed by atoms with Gasteiger partial charge in [-0.15, -0.1) is 0 Å². The molecule has 1 aromatic heterocycles. The molecule has 0 radical (unpaired) electrons. The Hall–Kier alpha value is -2.26. The minimum Gasteiger partial charge on any atom is -0.359 e. The van der Waals surface area contributed by atoms with Crippen LogP contribution in [0.3, 0.4) is 0 Å². The smallest absolute Gasteiger partial charge is 0.243 e. The van der Waals surface area contributed by atoms with Crippen molar-refractivity contribution >= 4 is 15.9 Å². The number of hydrogen-bond acceptors (Lipinski definition) is 4. The largest absolute Gasteiger partial charge is 0.359 e. The van der Waals surface area contributed by atoms with Crippen LogP contribution in [-0.2, 0) is 21.4 Å². The van der Waals surface area contributed by atoms with E-state index < -0.39 is 15.8 Å². The first-order chi connectivity index (χ1) is 11.4. The first-order valence-electron chi connectivity index (χ1n) is 7.40. The lowest BCUT2D eigenvalue weighted by atomic mass is 10.1. The van der Waals surface area contributed by atoms with Crippen LogP contribution in [-0.4, -0.2) is 42.0 Å². The van der Waals surface area contributed by atoms with Gasteiger partial charge < -0.3 is 5.32 Å². The number of halogens is 1. The minimum atomic E-state index is -3.78. The number of benzene rings is 1. The van der Waals surface area contributed by atoms with Gasteiger partial charge in [-0.25, -0.2) is 12.8 Å². The molecule has 1 N–H and O–H groups in total. The molecule has 3 rings (SSSR count). The van der Waals surface area contributed by atoms with Crippen molar-refractivity contribution in [2.75, 3.05) is 13.6 Å². The van der Waals surface area contributed by atoms with Crippen LogP contribution in [0.2, 0.25) is 0 Å². The van der Waals surface area contributed by atoms with Gasteiger partial charge in [-0.2, -0.15) is 9.40 Å². The topological polar surface area (TPSA) is 84.3 Å². The molecule has 0 saturated carbocycles. The monoisotopic (exact) mass is 352 g/mol. The van der Waals surface area contributed by atoms with Crippen LogP contribution >= 0.6 is 0 Å². The Labute approximate surface area is 139 Å². The summed E-state index contributed by atoms with van der Waals surface area (Å²) in [5.74, 6) is -0.689. The molecule has 9 heteroatoms. The van der Waals surface area contributed by atoms with E-state index >= 15 is 0 Å². The number of carbonyl (C=O) groups excluding carboxylic acids is 1. The summed E-state index contributed by atoms with van der Waals surface area (Å²) in [7, 11) is -2.25. The third-order valence-electron chi connectivity index (χ3n) is 4.00. The number of rotatable bonds is 4. The quantitative estimate of drug-likeness (QED) is 0.886. The summed E-state index contributed by atoms with van der Waals surface area (Å²) in [6.45, 7) is 0.283. The molecular formula is C15H17FN4O3S. The molecule has 0 fully saturated rings. The molecule has 2 aromatic rings. The van der Waals surface area contributed by atoms with E-state index in [1.165, 1.54) is 23.5 Å². The molecule has 24 heavy (non-hydrogen) atoms. The fourth-order valence-electron chi connectivity index (χ4n) is 2.76. The van der Waals surface area contributed by atoms with Crippen molar-refractivity contribution in [2.45, 2.75) is 23.9 Å². The molecule has 1 amide bonds. The number of sulfonamides is 1. The number of nitrogens with one attached hydrogen (secondary N) is 1. The molecular weight excluding hydrogens is 335 g/mol. The molecule has 2 heterocycles. The van der Waals surface area contributed by atoms with E-state index in [0.29, 0.717) is 5.69 Å². The lowest BCUT2D eigenvalue weighted by molar-refractivity contribution is -0.121. The summed E-state index contributed by atoms with van der Waals surface area (Å²) >= 11 is 0. The van der Waals surface area contributed by atoms with Crippen LogP contribution < -0.4 is 5.32 Å². The summed E-state index contributed by atoms with van der Waals surface area (Å²) in [6, 6.07) is 6.04. The summed E-state index contributed by atoms with van der Waals surface area (Å²) in [6.07, 6.45) is 1.71. The highest BCUT2D eigenvalue weighted by molar-refractivity contribution is 7.89. The molecule has 0 unspecified atom stereocenters. The van der Waals surface area contributed by atoms with Crippen molar-refractivity contribution in [1.29, 1.82) is 0 Å². The van der Waals surface area contributed by atoms with Gasteiger partial charge in [-0.05, 0) is 30.3 Å². The number of nitrogens with zero attached hydrogens (tertiary/aromatic N) is 3. The molecule has 7 nitrogen and oxygen atoms in total. The van der Waals surface area contributed by atoms with Crippen molar-refractivity contribution in [3.8, 4) is 0 Å². The molecule has 0 bridgehead atoms. The minimum absolute atomic E-state index is 0.0237. The van der Waals surface area contributed by atoms with E-state index in [1.807, 2.05) is 0 Å². The fraction of sp³-hybridized carbons (Fsp3) is 0.333. The van der Waals surface area contributed by atoms with Crippen LogP contribution in [0.25, 0.3) is 0 Å². The van der Waals surface area contributed by atoms with Crippen LogP contribution in [0, 0.1) is 5.82 Å². The molecule has 1 aliphatic heterocycles. The lowest BCUT2D eigenvalue weighted by Crippen LogP contribution is -2.42. The molecule has 1 aromatic carbocycles. The Morgan fingerprint density at radius 2 is 2.04 bits per heavy atom. The number of hydrogen-bond donors (Lipinski definition) is 1. The van der Waals surface area contributed by atoms with Crippen LogP contribution in [0.4, 0.5) is 4.39 Å². The van der Waals surface area contributed by atoms with Gasteiger partial charge in [0.05, 0.1) is 29.6 Å². The van der Waals surface area contributed by atoms with E-state index in [4.69, 9.17) is 0 Å². The molecule has 0 aliphatic carbocycles. The van der Waals surface area contributed by atoms with E-state index in [-0.39, 0.29) is 36.4 Å². The second-order valence-electron chi connectivity index (χ2n) is 5.55. The van der Waals surface area contributed by atoms with Crippen LogP contribution in [0.15, 0.2) is 41.4 Å². The summed E-state index contributed by atoms with van der Waals surface area (Å²) in [4.78, 5) is 11.7. The van der Waals surface area contributed by atoms with Crippen molar-refractivity contribution in [3.05, 3.63) is 48.0 Å². The van der Waals surface area contributed by atoms with Crippen molar-refractivity contribution in [3.63, 3.8) is 0 Å². The number of aromatic nitrogens is 2. The van der Waals surface area contributed by atoms with E-state index in [1.54, 1.807) is 16.9 Å². The average Bonchev–Trinajstić information content (AvgIpc) is 3.04. The Morgan fingerprint density at radius 1 is 1.33 bits per heavy atom. The van der Waals surface area contributed by atoms with Crippen molar-refractivity contribution in [2.24, 2.45) is 0 Å².